The Morgan fingerprint density at radius 3 is 2.57 bits per heavy atom. The monoisotopic (exact) mass is 388 g/mol. The molecule has 0 saturated carbocycles. The molecule has 2 atom stereocenters. The quantitative estimate of drug-likeness (QED) is 0.763. The van der Waals surface area contributed by atoms with Crippen molar-refractivity contribution in [2.75, 3.05) is 21.3 Å². The van der Waals surface area contributed by atoms with Crippen LogP contribution < -0.4 is 24.8 Å². The number of piperidine rings is 1. The van der Waals surface area contributed by atoms with Crippen LogP contribution in [0.2, 0.25) is 0 Å². The Kier molecular flexibility index (Phi) is 6.36. The van der Waals surface area contributed by atoms with Crippen LogP contribution >= 0.6 is 0 Å². The largest absolute Gasteiger partial charge is 0.497 e. The van der Waals surface area contributed by atoms with Gasteiger partial charge in [0.05, 0.1) is 27.4 Å². The topological polar surface area (TPSA) is 68.8 Å². The van der Waals surface area contributed by atoms with Crippen molar-refractivity contribution < 1.29 is 23.4 Å². The second-order valence-corrected chi connectivity index (χ2v) is 6.65. The summed E-state index contributed by atoms with van der Waals surface area (Å²) in [6.45, 7) is 0.545. The van der Waals surface area contributed by atoms with E-state index in [9.17, 15) is 9.18 Å². The van der Waals surface area contributed by atoms with Crippen LogP contribution in [0, 0.1) is 5.82 Å². The lowest BCUT2D eigenvalue weighted by Crippen LogP contribution is -2.48. The number of amides is 1. The van der Waals surface area contributed by atoms with Crippen LogP contribution in [0.1, 0.15) is 30.0 Å². The first-order valence-corrected chi connectivity index (χ1v) is 9.12. The average molecular weight is 388 g/mol. The van der Waals surface area contributed by atoms with E-state index in [0.29, 0.717) is 42.2 Å². The van der Waals surface area contributed by atoms with Gasteiger partial charge in [-0.05, 0) is 42.3 Å². The molecule has 1 fully saturated rings. The number of benzene rings is 2. The molecule has 1 heterocycles. The van der Waals surface area contributed by atoms with Gasteiger partial charge in [-0.2, -0.15) is 0 Å². The van der Waals surface area contributed by atoms with Crippen molar-refractivity contribution in [2.24, 2.45) is 0 Å². The van der Waals surface area contributed by atoms with Crippen molar-refractivity contribution in [1.29, 1.82) is 0 Å². The van der Waals surface area contributed by atoms with Crippen LogP contribution in [-0.4, -0.2) is 33.3 Å². The zero-order valence-corrected chi connectivity index (χ0v) is 16.3. The van der Waals surface area contributed by atoms with Gasteiger partial charge in [0, 0.05) is 24.6 Å². The van der Waals surface area contributed by atoms with Crippen LogP contribution in [-0.2, 0) is 11.3 Å². The first-order valence-electron chi connectivity index (χ1n) is 9.12. The predicted octanol–water partition coefficient (Wildman–Crippen LogP) is 2.96. The number of hydrogen-bond donors (Lipinski definition) is 2. The minimum atomic E-state index is -0.475. The molecule has 0 aromatic heterocycles. The summed E-state index contributed by atoms with van der Waals surface area (Å²) < 4.78 is 30.3. The van der Waals surface area contributed by atoms with Crippen LogP contribution in [0.15, 0.2) is 36.4 Å². The van der Waals surface area contributed by atoms with Crippen molar-refractivity contribution in [3.05, 3.63) is 53.3 Å². The molecule has 2 N–H and O–H groups in total. The number of carbonyl (C=O) groups is 1. The highest BCUT2D eigenvalue weighted by Gasteiger charge is 2.31. The van der Waals surface area contributed by atoms with Crippen molar-refractivity contribution >= 4 is 5.91 Å². The third-order valence-electron chi connectivity index (χ3n) is 4.96. The van der Waals surface area contributed by atoms with Gasteiger partial charge in [0.15, 0.2) is 11.5 Å². The maximum atomic E-state index is 14.5. The molecule has 0 aliphatic carbocycles. The summed E-state index contributed by atoms with van der Waals surface area (Å²) in [7, 11) is 4.71. The molecule has 6 nitrogen and oxygen atoms in total. The second kappa shape index (κ2) is 8.93. The highest BCUT2D eigenvalue weighted by atomic mass is 19.1. The number of ether oxygens (including phenoxy) is 3. The summed E-state index contributed by atoms with van der Waals surface area (Å²) in [5, 5.41) is 6.35. The Labute approximate surface area is 164 Å². The van der Waals surface area contributed by atoms with E-state index in [1.165, 1.54) is 13.2 Å². The van der Waals surface area contributed by atoms with Gasteiger partial charge >= 0.3 is 0 Å². The van der Waals surface area contributed by atoms with E-state index in [1.54, 1.807) is 26.4 Å². The molecule has 7 heteroatoms. The van der Waals surface area contributed by atoms with Crippen LogP contribution in [0.5, 0.6) is 17.2 Å². The lowest BCUT2D eigenvalue weighted by Gasteiger charge is -2.33. The van der Waals surface area contributed by atoms with Gasteiger partial charge in [-0.25, -0.2) is 4.39 Å². The molecule has 28 heavy (non-hydrogen) atoms. The van der Waals surface area contributed by atoms with Gasteiger partial charge in [-0.1, -0.05) is 6.07 Å². The van der Waals surface area contributed by atoms with E-state index < -0.39 is 6.04 Å². The molecule has 2 aromatic carbocycles. The molecule has 150 valence electrons. The summed E-state index contributed by atoms with van der Waals surface area (Å²) in [6.07, 6.45) is 1.01. The van der Waals surface area contributed by atoms with E-state index >= 15 is 0 Å². The second-order valence-electron chi connectivity index (χ2n) is 6.65. The van der Waals surface area contributed by atoms with Gasteiger partial charge in [0.2, 0.25) is 5.91 Å². The number of methoxy groups -OCH3 is 3. The summed E-state index contributed by atoms with van der Waals surface area (Å²) in [6, 6.07) is 9.65. The molecule has 0 bridgehead atoms. The Hall–Kier alpha value is -2.80. The molecule has 2 aromatic rings. The Balaban J connectivity index is 1.79. The van der Waals surface area contributed by atoms with E-state index in [1.807, 2.05) is 18.2 Å². The average Bonchev–Trinajstić information content (AvgIpc) is 2.73. The molecular formula is C21H25FN2O4. The summed E-state index contributed by atoms with van der Waals surface area (Å²) in [5.41, 5.74) is 1.41. The highest BCUT2D eigenvalue weighted by Crippen LogP contribution is 2.30. The summed E-state index contributed by atoms with van der Waals surface area (Å²) in [4.78, 5) is 12.0. The number of rotatable bonds is 7. The highest BCUT2D eigenvalue weighted by molar-refractivity contribution is 5.77. The molecule has 0 radical (unpaired) electrons. The van der Waals surface area contributed by atoms with E-state index in [4.69, 9.17) is 14.2 Å². The number of carbonyl (C=O) groups excluding carboxylic acids is 1. The van der Waals surface area contributed by atoms with Gasteiger partial charge in [-0.15, -0.1) is 0 Å². The Morgan fingerprint density at radius 1 is 1.07 bits per heavy atom. The molecule has 1 aliphatic heterocycles. The standard InChI is InChI=1S/C21H25FN2O4/c1-26-14-5-6-16(22)15(11-14)21-17(7-9-20(25)24-21)23-12-13-4-8-18(27-2)19(10-13)28-3/h4-6,8,10-11,17,21,23H,7,9,12H2,1-3H3,(H,24,25)/t17-,21+/m1/s1. The molecule has 1 saturated heterocycles. The van der Waals surface area contributed by atoms with E-state index in [0.717, 1.165) is 5.56 Å². The lowest BCUT2D eigenvalue weighted by molar-refractivity contribution is -0.123. The van der Waals surface area contributed by atoms with Crippen molar-refractivity contribution in [1.82, 2.24) is 10.6 Å². The zero-order chi connectivity index (χ0) is 20.1. The maximum Gasteiger partial charge on any atom is 0.220 e. The van der Waals surface area contributed by atoms with Crippen LogP contribution in [0.25, 0.3) is 0 Å². The number of halogens is 1. The fourth-order valence-electron chi connectivity index (χ4n) is 3.44. The van der Waals surface area contributed by atoms with Gasteiger partial charge < -0.3 is 24.8 Å². The molecule has 0 unspecified atom stereocenters. The fraction of sp³-hybridized carbons (Fsp3) is 0.381. The molecule has 1 amide bonds. The summed E-state index contributed by atoms with van der Waals surface area (Å²) >= 11 is 0. The predicted molar refractivity (Wildman–Crippen MR) is 103 cm³/mol. The SMILES string of the molecule is COc1ccc(F)c([C@@H]2NC(=O)CC[C@H]2NCc2ccc(OC)c(OC)c2)c1. The zero-order valence-electron chi connectivity index (χ0n) is 16.3. The third kappa shape index (κ3) is 4.36. The smallest absolute Gasteiger partial charge is 0.220 e. The molecule has 3 rings (SSSR count). The summed E-state index contributed by atoms with van der Waals surface area (Å²) in [5.74, 6) is 1.40. The Morgan fingerprint density at radius 2 is 1.86 bits per heavy atom. The van der Waals surface area contributed by atoms with Crippen molar-refractivity contribution in [2.45, 2.75) is 31.5 Å². The van der Waals surface area contributed by atoms with Gasteiger partial charge in [0.25, 0.3) is 0 Å². The van der Waals surface area contributed by atoms with Gasteiger partial charge in [0.1, 0.15) is 11.6 Å². The first kappa shape index (κ1) is 19.9. The normalized spacial score (nSPS) is 19.1. The molecule has 1 aliphatic rings. The van der Waals surface area contributed by atoms with E-state index in [-0.39, 0.29) is 17.8 Å². The van der Waals surface area contributed by atoms with Crippen LogP contribution in [0.4, 0.5) is 4.39 Å². The van der Waals surface area contributed by atoms with Crippen molar-refractivity contribution in [3.8, 4) is 17.2 Å². The lowest BCUT2D eigenvalue weighted by atomic mass is 9.91. The molecular weight excluding hydrogens is 363 g/mol. The fourth-order valence-corrected chi connectivity index (χ4v) is 3.44. The Bertz CT molecular complexity index is 843. The minimum absolute atomic E-state index is 0.0867. The number of nitrogens with one attached hydrogen (secondary N) is 2. The minimum Gasteiger partial charge on any atom is -0.497 e. The van der Waals surface area contributed by atoms with Gasteiger partial charge in [-0.3, -0.25) is 4.79 Å². The van der Waals surface area contributed by atoms with E-state index in [2.05, 4.69) is 10.6 Å². The number of hydrogen-bond acceptors (Lipinski definition) is 5. The van der Waals surface area contributed by atoms with Crippen molar-refractivity contribution in [3.63, 3.8) is 0 Å². The maximum absolute atomic E-state index is 14.5. The van der Waals surface area contributed by atoms with Crippen LogP contribution in [0.3, 0.4) is 0 Å². The molecule has 0 spiro atoms. The first-order chi connectivity index (χ1) is 13.5. The third-order valence-corrected chi connectivity index (χ3v) is 4.96.